The predicted octanol–water partition coefficient (Wildman–Crippen LogP) is 21.5. The van der Waals surface area contributed by atoms with E-state index in [4.69, 9.17) is 14.6 Å². The van der Waals surface area contributed by atoms with E-state index in [0.29, 0.717) is 0 Å². The minimum absolute atomic E-state index is 0. The van der Waals surface area contributed by atoms with Crippen LogP contribution in [-0.2, 0) is 20.5 Å². The van der Waals surface area contributed by atoms with E-state index in [-0.39, 0.29) is 42.5 Å². The Morgan fingerprint density at radius 1 is 0.462 bits per heavy atom. The third-order valence-corrected chi connectivity index (χ3v) is 20.5. The van der Waals surface area contributed by atoms with Crippen LogP contribution in [0.4, 0.5) is 0 Å². The summed E-state index contributed by atoms with van der Waals surface area (Å²) in [5, 5.41) is 27.2. The molecule has 0 saturated carbocycles. The van der Waals surface area contributed by atoms with Crippen molar-refractivity contribution in [3.8, 4) is 33.4 Å². The van der Waals surface area contributed by atoms with E-state index >= 15 is 0 Å². The number of hydrogen-bond acceptors (Lipinski definition) is 4. The molecule has 17 rings (SSSR count). The maximum absolute atomic E-state index is 12.2. The van der Waals surface area contributed by atoms with E-state index in [9.17, 15) is 9.90 Å². The van der Waals surface area contributed by atoms with Crippen LogP contribution >= 0.6 is 131 Å². The Morgan fingerprint density at radius 3 is 1.20 bits per heavy atom. The second-order valence-corrected chi connectivity index (χ2v) is 29.0. The van der Waals surface area contributed by atoms with Gasteiger partial charge in [-0.25, -0.2) is 0 Å². The van der Waals surface area contributed by atoms with Gasteiger partial charge in [-0.15, -0.1) is 12.4 Å². The Kier molecular flexibility index (Phi) is 24.8. The van der Waals surface area contributed by atoms with Crippen LogP contribution in [0.5, 0.6) is 0 Å². The standard InChI is InChI=1S/C23H14Br2O.C23H12Br2.C13H6Br2O.C10H7I.C4H8O.C4H9.C2H4O2.ClH.Li/c24-15-8-10-18-19-11-9-16(25)13-22(19)23(26,21(18)12-15)20-7-3-5-14-4-1-2-6-17(14)20;24-14-7-9-16-17-10-8-15(25)12-21(17)23(20(16)11-14)18-5-1-3-13-4-2-6-19(23)22(13)18;14-7-1-3-9-10-4-2-8(15)6-12(10)13(16)11(9)5-7;11-10-7-3-5-8-4-1-2-6-9(8)10;1-2-4-5-3-1;1-3-4-2;1-2(3)4;;/h1-13,26H;1-12H;1-6H;1-7H;1-4H2;1,3-4H2,2H3;1H3,(H,3,4);1H;/q;;;;;-1;;;+1. The van der Waals surface area contributed by atoms with Crippen molar-refractivity contribution in [2.75, 3.05) is 13.2 Å². The Bertz CT molecular complexity index is 4540. The SMILES string of the molecule is Brc1ccc2c(c1)C1(c3cc(Br)ccc3-2)c2cccc3cccc1c23.C1CCOC1.CC(=O)O.Cl.Ic1cccc2ccccc12.O=C1c2cc(Br)ccc2-c2ccc(Br)cc21.OC1(c2cccc3ccccc23)c2cc(Br)ccc2-c2ccc(Br)cc21.[CH2-]CCC.[Li+]. The van der Waals surface area contributed by atoms with E-state index in [0.717, 1.165) is 114 Å². The van der Waals surface area contributed by atoms with Gasteiger partial charge in [0.25, 0.3) is 5.97 Å². The van der Waals surface area contributed by atoms with Crippen LogP contribution in [0.1, 0.15) is 94.4 Å². The molecule has 12 aromatic rings. The van der Waals surface area contributed by atoms with Gasteiger partial charge in [0.2, 0.25) is 0 Å². The van der Waals surface area contributed by atoms with Gasteiger partial charge in [-0.2, -0.15) is 6.42 Å². The average Bonchev–Trinajstić information content (AvgIpc) is 1.60. The summed E-state index contributed by atoms with van der Waals surface area (Å²) >= 11 is 23.7. The fraction of sp³-hybridized carbons (Fsp3) is 0.127. The zero-order chi connectivity index (χ0) is 64.1. The van der Waals surface area contributed by atoms with Gasteiger partial charge in [0, 0.05) is 78.4 Å². The maximum atomic E-state index is 12.2. The first-order chi connectivity index (χ1) is 44.0. The Balaban J connectivity index is 0.000000141. The second-order valence-electron chi connectivity index (χ2n) is 22.3. The first kappa shape index (κ1) is 72.3. The van der Waals surface area contributed by atoms with Crippen molar-refractivity contribution in [2.24, 2.45) is 0 Å². The molecule has 0 radical (unpaired) electrons. The normalized spacial score (nSPS) is 13.3. The van der Waals surface area contributed by atoms with Crippen LogP contribution in [0.15, 0.2) is 257 Å². The molecule has 0 amide bonds. The minimum Gasteiger partial charge on any atom is -0.481 e. The van der Waals surface area contributed by atoms with Crippen molar-refractivity contribution >= 4 is 175 Å². The Hall–Kier alpha value is -5.02. The molecule has 1 aliphatic heterocycles. The van der Waals surface area contributed by atoms with Crippen molar-refractivity contribution < 1.29 is 43.4 Å². The van der Waals surface area contributed by atoms with E-state index in [1.54, 1.807) is 0 Å². The molecule has 1 heterocycles. The van der Waals surface area contributed by atoms with E-state index in [1.807, 2.05) is 84.9 Å². The number of aliphatic hydroxyl groups is 1. The van der Waals surface area contributed by atoms with Gasteiger partial charge in [-0.3, -0.25) is 9.59 Å². The minimum atomic E-state index is -1.20. The smallest absolute Gasteiger partial charge is 0.481 e. The molecule has 0 unspecified atom stereocenters. The number of carbonyl (C=O) groups excluding carboxylic acids is 1. The molecule has 464 valence electrons. The molecule has 1 saturated heterocycles. The zero-order valence-electron chi connectivity index (χ0n) is 51.1. The molecule has 5 nitrogen and oxygen atoms in total. The molecule has 1 fully saturated rings. The average molecular weight is 1740 g/mol. The molecule has 14 heteroatoms. The summed E-state index contributed by atoms with van der Waals surface area (Å²) in [6, 6.07) is 79.9. The molecule has 0 bridgehead atoms. The molecule has 1 spiro atoms. The van der Waals surface area contributed by atoms with Gasteiger partial charge in [0.05, 0.1) is 5.41 Å². The summed E-state index contributed by atoms with van der Waals surface area (Å²) in [4.78, 5) is 21.2. The number of ketones is 1. The van der Waals surface area contributed by atoms with Gasteiger partial charge in [-0.1, -0.05) is 261 Å². The topological polar surface area (TPSA) is 83.8 Å². The van der Waals surface area contributed by atoms with Gasteiger partial charge in [0.15, 0.2) is 5.78 Å². The van der Waals surface area contributed by atoms with Crippen LogP contribution in [-0.4, -0.2) is 35.2 Å². The summed E-state index contributed by atoms with van der Waals surface area (Å²) in [5.41, 5.74) is 15.5. The number of ether oxygens (including phenoxy) is 1. The van der Waals surface area contributed by atoms with Crippen LogP contribution < -0.4 is 18.9 Å². The number of unbranched alkanes of at least 4 members (excludes halogenated alkanes) is 1. The summed E-state index contributed by atoms with van der Waals surface area (Å²) in [5.74, 6) is -0.729. The maximum Gasteiger partial charge on any atom is 1.00 e. The van der Waals surface area contributed by atoms with Crippen molar-refractivity contribution in [1.82, 2.24) is 0 Å². The van der Waals surface area contributed by atoms with E-state index in [2.05, 4.69) is 278 Å². The van der Waals surface area contributed by atoms with Gasteiger partial charge >= 0.3 is 18.9 Å². The number of carbonyl (C=O) groups is 2. The fourth-order valence-corrected chi connectivity index (χ4v) is 15.6. The van der Waals surface area contributed by atoms with Crippen molar-refractivity contribution in [1.29, 1.82) is 0 Å². The number of rotatable bonds is 2. The monoisotopic (exact) mass is 1730 g/mol. The number of hydrogen-bond donors (Lipinski definition) is 2. The number of fused-ring (bicyclic) bond motifs is 15. The van der Waals surface area contributed by atoms with Gasteiger partial charge in [0.1, 0.15) is 5.60 Å². The molecule has 5 aliphatic rings. The summed E-state index contributed by atoms with van der Waals surface area (Å²) in [6.07, 6.45) is 4.83. The zero-order valence-corrected chi connectivity index (χ0v) is 63.6. The molecule has 0 aromatic heterocycles. The third-order valence-electron chi connectivity index (χ3n) is 16.6. The predicted molar refractivity (Wildman–Crippen MR) is 412 cm³/mol. The molecule has 93 heavy (non-hydrogen) atoms. The van der Waals surface area contributed by atoms with E-state index in [1.165, 1.54) is 77.8 Å². The molecule has 12 aromatic carbocycles. The van der Waals surface area contributed by atoms with Crippen LogP contribution in [0.3, 0.4) is 0 Å². The number of benzene rings is 12. The van der Waals surface area contributed by atoms with Crippen LogP contribution in [0.2, 0.25) is 0 Å². The Labute approximate surface area is 626 Å². The molecular weight excluding hydrogens is 1680 g/mol. The van der Waals surface area contributed by atoms with Crippen molar-refractivity contribution in [2.45, 2.75) is 50.5 Å². The van der Waals surface area contributed by atoms with Crippen LogP contribution in [0.25, 0.3) is 65.7 Å². The Morgan fingerprint density at radius 2 is 0.796 bits per heavy atom. The first-order valence-electron chi connectivity index (χ1n) is 29.8. The largest absolute Gasteiger partial charge is 1.00 e. The fourth-order valence-electron chi connectivity index (χ4n) is 12.7. The number of carboxylic acid groups (broad SMARTS) is 1. The molecule has 0 atom stereocenters. The second kappa shape index (κ2) is 31.9. The first-order valence-corrected chi connectivity index (χ1v) is 35.6. The molecular formula is C79H61Br6ClILiO5. The third kappa shape index (κ3) is 14.7. The molecule has 4 aliphatic carbocycles. The summed E-state index contributed by atoms with van der Waals surface area (Å²) in [7, 11) is 0. The molecule has 2 N–H and O–H groups in total. The summed E-state index contributed by atoms with van der Waals surface area (Å²) in [6.45, 7) is 8.81. The quantitative estimate of drug-likeness (QED) is 0.102. The van der Waals surface area contributed by atoms with Gasteiger partial charge < -0.3 is 21.9 Å². The van der Waals surface area contributed by atoms with E-state index < -0.39 is 11.6 Å². The summed E-state index contributed by atoms with van der Waals surface area (Å²) < 4.78 is 12.3. The number of carboxylic acids is 1. The van der Waals surface area contributed by atoms with Crippen molar-refractivity contribution in [3.63, 3.8) is 0 Å². The van der Waals surface area contributed by atoms with Crippen molar-refractivity contribution in [3.05, 3.63) is 318 Å². The number of halogens is 8. The van der Waals surface area contributed by atoms with Crippen LogP contribution in [0, 0.1) is 10.5 Å². The van der Waals surface area contributed by atoms with Gasteiger partial charge in [-0.05, 0) is 202 Å². The number of aliphatic carboxylic acids is 1.